The van der Waals surface area contributed by atoms with Gasteiger partial charge in [0.15, 0.2) is 0 Å². The van der Waals surface area contributed by atoms with Crippen molar-refractivity contribution in [1.82, 2.24) is 9.88 Å². The maximum Gasteiger partial charge on any atom is 0.412 e. The molecule has 2 atom stereocenters. The third-order valence-corrected chi connectivity index (χ3v) is 5.34. The van der Waals surface area contributed by atoms with Gasteiger partial charge in [-0.25, -0.2) is 18.6 Å². The summed E-state index contributed by atoms with van der Waals surface area (Å²) in [5, 5.41) is 9.63. The first kappa shape index (κ1) is 20.1. The lowest BCUT2D eigenvalue weighted by molar-refractivity contribution is 0.0774. The number of rotatable bonds is 3. The van der Waals surface area contributed by atoms with Crippen molar-refractivity contribution in [3.05, 3.63) is 53.0 Å². The van der Waals surface area contributed by atoms with Gasteiger partial charge in [-0.3, -0.25) is 9.69 Å². The van der Waals surface area contributed by atoms with Crippen molar-refractivity contribution < 1.29 is 28.2 Å². The number of carboxylic acid groups (broad SMARTS) is 1. The molecule has 3 heterocycles. The number of pyridine rings is 1. The molecule has 1 N–H and O–H groups in total. The summed E-state index contributed by atoms with van der Waals surface area (Å²) in [5.74, 6) is -0.763. The molecule has 1 aromatic carbocycles. The number of aromatic nitrogens is 1. The summed E-state index contributed by atoms with van der Waals surface area (Å²) in [5.41, 5.74) is 1.53. The van der Waals surface area contributed by atoms with Crippen molar-refractivity contribution in [2.24, 2.45) is 0 Å². The van der Waals surface area contributed by atoms with E-state index in [0.717, 1.165) is 10.5 Å². The number of hydrogen-bond donors (Lipinski definition) is 1. The zero-order valence-corrected chi connectivity index (χ0v) is 16.3. The monoisotopic (exact) mass is 417 g/mol. The number of anilines is 1. The summed E-state index contributed by atoms with van der Waals surface area (Å²) >= 11 is 0. The highest BCUT2D eigenvalue weighted by atomic mass is 19.1. The van der Waals surface area contributed by atoms with Crippen LogP contribution in [0.25, 0.3) is 0 Å². The largest absolute Gasteiger partial charge is 0.474 e. The molecule has 1 saturated heterocycles. The Morgan fingerprint density at radius 1 is 1.30 bits per heavy atom. The summed E-state index contributed by atoms with van der Waals surface area (Å²) in [6.45, 7) is 2.09. The number of benzene rings is 1. The summed E-state index contributed by atoms with van der Waals surface area (Å²) in [7, 11) is 0. The summed E-state index contributed by atoms with van der Waals surface area (Å²) in [6.07, 6.45) is -1.73. The van der Waals surface area contributed by atoms with Crippen LogP contribution in [-0.4, -0.2) is 58.9 Å². The first-order chi connectivity index (χ1) is 14.3. The first-order valence-electron chi connectivity index (χ1n) is 9.70. The van der Waals surface area contributed by atoms with Gasteiger partial charge in [0.25, 0.3) is 5.91 Å². The van der Waals surface area contributed by atoms with Crippen LogP contribution in [0.2, 0.25) is 0 Å². The van der Waals surface area contributed by atoms with E-state index >= 15 is 0 Å². The van der Waals surface area contributed by atoms with Gasteiger partial charge in [-0.2, -0.15) is 0 Å². The fourth-order valence-corrected chi connectivity index (χ4v) is 3.80. The zero-order chi connectivity index (χ0) is 21.4. The number of amides is 2. The molecule has 158 valence electrons. The van der Waals surface area contributed by atoms with Crippen LogP contribution in [-0.2, 0) is 6.42 Å². The molecule has 30 heavy (non-hydrogen) atoms. The zero-order valence-electron chi connectivity index (χ0n) is 16.3. The Kier molecular flexibility index (Phi) is 5.27. The van der Waals surface area contributed by atoms with E-state index in [1.165, 1.54) is 17.0 Å². The molecule has 0 radical (unpaired) electrons. The van der Waals surface area contributed by atoms with Gasteiger partial charge in [0.05, 0.1) is 12.6 Å². The molecule has 1 fully saturated rings. The molecule has 0 unspecified atom stereocenters. The normalized spacial score (nSPS) is 20.6. The minimum atomic E-state index is -1.15. The molecule has 9 heteroatoms. The molecule has 0 aliphatic carbocycles. The SMILES string of the molecule is C[C@H]1COc2nc(C(=O)N3CC[C@@H](F)C3)c(Cc3ccc(F)cc3)cc2N1C(=O)O. The molecule has 4 rings (SSSR count). The van der Waals surface area contributed by atoms with Crippen molar-refractivity contribution in [2.75, 3.05) is 24.6 Å². The van der Waals surface area contributed by atoms with Gasteiger partial charge in [-0.05, 0) is 49.1 Å². The van der Waals surface area contributed by atoms with Gasteiger partial charge in [0.2, 0.25) is 5.88 Å². The third kappa shape index (κ3) is 3.79. The Morgan fingerprint density at radius 3 is 2.67 bits per heavy atom. The molecule has 2 aromatic rings. The van der Waals surface area contributed by atoms with Crippen LogP contribution in [0.5, 0.6) is 5.88 Å². The maximum absolute atomic E-state index is 13.6. The van der Waals surface area contributed by atoms with Crippen LogP contribution in [0.1, 0.15) is 35.0 Å². The van der Waals surface area contributed by atoms with Crippen LogP contribution < -0.4 is 9.64 Å². The van der Waals surface area contributed by atoms with E-state index < -0.39 is 24.2 Å². The summed E-state index contributed by atoms with van der Waals surface area (Å²) in [4.78, 5) is 31.8. The molecular formula is C21H21F2N3O4. The molecule has 0 saturated carbocycles. The van der Waals surface area contributed by atoms with Crippen LogP contribution in [0.4, 0.5) is 19.3 Å². The van der Waals surface area contributed by atoms with Gasteiger partial charge in [0, 0.05) is 6.54 Å². The number of carbonyl (C=O) groups is 2. The van der Waals surface area contributed by atoms with E-state index in [1.807, 2.05) is 0 Å². The van der Waals surface area contributed by atoms with Crippen LogP contribution >= 0.6 is 0 Å². The molecule has 1 aromatic heterocycles. The van der Waals surface area contributed by atoms with Gasteiger partial charge < -0.3 is 14.7 Å². The lowest BCUT2D eigenvalue weighted by Gasteiger charge is -2.33. The number of alkyl halides is 1. The third-order valence-electron chi connectivity index (χ3n) is 5.34. The number of fused-ring (bicyclic) bond motifs is 1. The second-order valence-corrected chi connectivity index (χ2v) is 7.57. The van der Waals surface area contributed by atoms with Gasteiger partial charge in [-0.15, -0.1) is 0 Å². The van der Waals surface area contributed by atoms with Crippen LogP contribution in [0, 0.1) is 5.82 Å². The fraction of sp³-hybridized carbons (Fsp3) is 0.381. The first-order valence-corrected chi connectivity index (χ1v) is 9.70. The Morgan fingerprint density at radius 2 is 2.03 bits per heavy atom. The van der Waals surface area contributed by atoms with E-state index in [4.69, 9.17) is 4.74 Å². The predicted octanol–water partition coefficient (Wildman–Crippen LogP) is 3.26. The van der Waals surface area contributed by atoms with Crippen molar-refractivity contribution in [2.45, 2.75) is 32.0 Å². The summed E-state index contributed by atoms with van der Waals surface area (Å²) < 4.78 is 32.5. The number of carbonyl (C=O) groups excluding carboxylic acids is 1. The van der Waals surface area contributed by atoms with E-state index in [2.05, 4.69) is 4.98 Å². The van der Waals surface area contributed by atoms with Crippen molar-refractivity contribution >= 4 is 17.7 Å². The highest BCUT2D eigenvalue weighted by Crippen LogP contribution is 2.35. The molecule has 2 aliphatic rings. The summed E-state index contributed by atoms with van der Waals surface area (Å²) in [6, 6.07) is 6.95. The predicted molar refractivity (Wildman–Crippen MR) is 104 cm³/mol. The van der Waals surface area contributed by atoms with Crippen LogP contribution in [0.3, 0.4) is 0 Å². The topological polar surface area (TPSA) is 83.0 Å². The average Bonchev–Trinajstić information content (AvgIpc) is 3.14. The number of ether oxygens (including phenoxy) is 1. The van der Waals surface area contributed by atoms with Crippen molar-refractivity contribution in [3.8, 4) is 5.88 Å². The Bertz CT molecular complexity index is 983. The van der Waals surface area contributed by atoms with E-state index in [9.17, 15) is 23.5 Å². The minimum Gasteiger partial charge on any atom is -0.474 e. The van der Waals surface area contributed by atoms with Gasteiger partial charge in [0.1, 0.15) is 30.0 Å². The van der Waals surface area contributed by atoms with E-state index in [0.29, 0.717) is 5.56 Å². The molecule has 0 spiro atoms. The molecule has 2 amide bonds. The molecular weight excluding hydrogens is 396 g/mol. The van der Waals surface area contributed by atoms with E-state index in [1.54, 1.807) is 25.1 Å². The quantitative estimate of drug-likeness (QED) is 0.829. The smallest absolute Gasteiger partial charge is 0.412 e. The molecule has 0 bridgehead atoms. The highest BCUT2D eigenvalue weighted by molar-refractivity contribution is 5.96. The Hall–Kier alpha value is -3.23. The minimum absolute atomic E-state index is 0.00721. The van der Waals surface area contributed by atoms with E-state index in [-0.39, 0.29) is 55.6 Å². The number of hydrogen-bond acceptors (Lipinski definition) is 4. The fourth-order valence-electron chi connectivity index (χ4n) is 3.80. The van der Waals surface area contributed by atoms with Crippen molar-refractivity contribution in [1.29, 1.82) is 0 Å². The number of nitrogens with zero attached hydrogens (tertiary/aromatic N) is 3. The number of halogens is 2. The lowest BCUT2D eigenvalue weighted by Crippen LogP contribution is -2.45. The maximum atomic E-state index is 13.6. The highest BCUT2D eigenvalue weighted by Gasteiger charge is 2.34. The van der Waals surface area contributed by atoms with Gasteiger partial charge >= 0.3 is 6.09 Å². The standard InChI is InChI=1S/C21H21F2N3O4/c1-12-11-30-19-17(26(12)21(28)29)9-14(8-13-2-4-15(22)5-3-13)18(24-19)20(27)25-7-6-16(23)10-25/h2-5,9,12,16H,6-8,10-11H2,1H3,(H,28,29)/t12-,16+/m0/s1. The second kappa shape index (κ2) is 7.89. The van der Waals surface area contributed by atoms with Crippen molar-refractivity contribution in [3.63, 3.8) is 0 Å². The lowest BCUT2D eigenvalue weighted by atomic mass is 10.0. The Labute approximate surface area is 171 Å². The van der Waals surface area contributed by atoms with Gasteiger partial charge in [-0.1, -0.05) is 12.1 Å². The number of likely N-dealkylation sites (tertiary alicyclic amines) is 1. The second-order valence-electron chi connectivity index (χ2n) is 7.57. The Balaban J connectivity index is 1.78. The van der Waals surface area contributed by atoms with Crippen LogP contribution in [0.15, 0.2) is 30.3 Å². The molecule has 7 nitrogen and oxygen atoms in total. The average molecular weight is 417 g/mol. The molecule has 2 aliphatic heterocycles.